The van der Waals surface area contributed by atoms with Crippen LogP contribution in [0.2, 0.25) is 0 Å². The number of aliphatic hydroxyl groups is 3. The van der Waals surface area contributed by atoms with Crippen molar-refractivity contribution < 1.29 is 20.1 Å². The van der Waals surface area contributed by atoms with Crippen LogP contribution >= 0.6 is 0 Å². The van der Waals surface area contributed by atoms with Crippen molar-refractivity contribution in [3.05, 3.63) is 0 Å². The molecule has 0 bridgehead atoms. The quantitative estimate of drug-likeness (QED) is 0.470. The third-order valence-corrected chi connectivity index (χ3v) is 2.31. The van der Waals surface area contributed by atoms with Gasteiger partial charge in [0.05, 0.1) is 31.8 Å². The molecule has 0 unspecified atom stereocenters. The predicted octanol–water partition coefficient (Wildman–Crippen LogP) is 0.157. The van der Waals surface area contributed by atoms with Gasteiger partial charge in [0, 0.05) is 6.61 Å². The van der Waals surface area contributed by atoms with Crippen molar-refractivity contribution in [2.24, 2.45) is 5.41 Å². The lowest BCUT2D eigenvalue weighted by atomic mass is 9.93. The van der Waals surface area contributed by atoms with Crippen molar-refractivity contribution in [3.8, 4) is 0 Å². The normalized spacial score (nSPS) is 12.0. The third-order valence-electron chi connectivity index (χ3n) is 2.31. The van der Waals surface area contributed by atoms with E-state index in [9.17, 15) is 0 Å². The summed E-state index contributed by atoms with van der Waals surface area (Å²) in [5.74, 6) is 0. The van der Waals surface area contributed by atoms with Crippen molar-refractivity contribution in [3.63, 3.8) is 0 Å². The van der Waals surface area contributed by atoms with Crippen LogP contribution in [-0.4, -0.2) is 48.4 Å². The molecule has 0 aliphatic carbocycles. The molecule has 0 atom stereocenters. The lowest BCUT2D eigenvalue weighted by molar-refractivity contribution is -0.0581. The van der Waals surface area contributed by atoms with Crippen LogP contribution in [0.1, 0.15) is 26.2 Å². The predicted molar refractivity (Wildman–Crippen MR) is 54.0 cm³/mol. The summed E-state index contributed by atoms with van der Waals surface area (Å²) in [6, 6.07) is 0. The van der Waals surface area contributed by atoms with E-state index >= 15 is 0 Å². The summed E-state index contributed by atoms with van der Waals surface area (Å²) in [7, 11) is 0. The van der Waals surface area contributed by atoms with Gasteiger partial charge in [0.25, 0.3) is 0 Å². The van der Waals surface area contributed by atoms with Gasteiger partial charge >= 0.3 is 0 Å². The summed E-state index contributed by atoms with van der Waals surface area (Å²) in [5, 5.41) is 26.9. The Morgan fingerprint density at radius 1 is 1.00 bits per heavy atom. The Balaban J connectivity index is 3.61. The lowest BCUT2D eigenvalue weighted by Crippen LogP contribution is -2.38. The molecule has 0 aliphatic heterocycles. The maximum absolute atomic E-state index is 8.98. The summed E-state index contributed by atoms with van der Waals surface area (Å²) in [6.07, 6.45) is 3.23. The van der Waals surface area contributed by atoms with Crippen LogP contribution in [0.3, 0.4) is 0 Å². The van der Waals surface area contributed by atoms with Gasteiger partial charge in [-0.3, -0.25) is 0 Å². The molecule has 0 heterocycles. The van der Waals surface area contributed by atoms with Gasteiger partial charge in [0.2, 0.25) is 0 Å². The van der Waals surface area contributed by atoms with E-state index in [1.165, 1.54) is 0 Å². The molecule has 4 heteroatoms. The van der Waals surface area contributed by atoms with E-state index in [-0.39, 0.29) is 26.4 Å². The molecule has 86 valence electrons. The van der Waals surface area contributed by atoms with Crippen molar-refractivity contribution in [2.75, 3.05) is 33.0 Å². The molecule has 0 aromatic carbocycles. The van der Waals surface area contributed by atoms with E-state index in [2.05, 4.69) is 6.92 Å². The fraction of sp³-hybridized carbons (Fsp3) is 1.00. The van der Waals surface area contributed by atoms with Crippen LogP contribution in [0.5, 0.6) is 0 Å². The molecule has 3 N–H and O–H groups in total. The van der Waals surface area contributed by atoms with Crippen LogP contribution in [0.15, 0.2) is 0 Å². The van der Waals surface area contributed by atoms with E-state index in [0.29, 0.717) is 6.61 Å². The number of ether oxygens (including phenoxy) is 1. The van der Waals surface area contributed by atoms with Crippen LogP contribution in [0.4, 0.5) is 0 Å². The van der Waals surface area contributed by atoms with Crippen LogP contribution < -0.4 is 0 Å². The molecule has 4 nitrogen and oxygen atoms in total. The van der Waals surface area contributed by atoms with Crippen molar-refractivity contribution in [1.82, 2.24) is 0 Å². The van der Waals surface area contributed by atoms with E-state index in [1.54, 1.807) is 0 Å². The Kier molecular flexibility index (Phi) is 8.08. The third kappa shape index (κ3) is 4.91. The molecule has 0 spiro atoms. The first-order valence-electron chi connectivity index (χ1n) is 5.15. The maximum Gasteiger partial charge on any atom is 0.0629 e. The largest absolute Gasteiger partial charge is 0.396 e. The average molecular weight is 206 g/mol. The molecule has 0 amide bonds. The highest BCUT2D eigenvalue weighted by atomic mass is 16.5. The summed E-state index contributed by atoms with van der Waals surface area (Å²) in [6.45, 7) is 2.17. The first-order chi connectivity index (χ1) is 6.74. The zero-order chi connectivity index (χ0) is 10.9. The van der Waals surface area contributed by atoms with Crippen molar-refractivity contribution >= 4 is 0 Å². The molecule has 0 saturated heterocycles. The molecule has 0 radical (unpaired) electrons. The Bertz CT molecular complexity index is 115. The first-order valence-corrected chi connectivity index (χ1v) is 5.15. The average Bonchev–Trinajstić information content (AvgIpc) is 2.24. The molecule has 0 aromatic rings. The van der Waals surface area contributed by atoms with Gasteiger partial charge < -0.3 is 20.1 Å². The van der Waals surface area contributed by atoms with Crippen molar-refractivity contribution in [1.29, 1.82) is 0 Å². The molecule has 14 heavy (non-hydrogen) atoms. The van der Waals surface area contributed by atoms with Gasteiger partial charge in [-0.15, -0.1) is 0 Å². The van der Waals surface area contributed by atoms with E-state index in [0.717, 1.165) is 19.3 Å². The fourth-order valence-electron chi connectivity index (χ4n) is 1.03. The van der Waals surface area contributed by atoms with Gasteiger partial charge in [-0.1, -0.05) is 19.8 Å². The van der Waals surface area contributed by atoms with Gasteiger partial charge in [0.15, 0.2) is 0 Å². The van der Waals surface area contributed by atoms with Crippen LogP contribution in [0.25, 0.3) is 0 Å². The minimum atomic E-state index is -0.883. The number of hydrogen-bond acceptors (Lipinski definition) is 4. The second-order valence-electron chi connectivity index (χ2n) is 3.73. The minimum absolute atomic E-state index is 0.209. The number of unbranched alkanes of at least 4 members (excludes halogenated alkanes) is 2. The molecule has 0 aliphatic rings. The number of rotatable bonds is 9. The number of hydrogen-bond donors (Lipinski definition) is 3. The fourth-order valence-corrected chi connectivity index (χ4v) is 1.03. The number of aliphatic hydroxyl groups excluding tert-OH is 3. The molecular weight excluding hydrogens is 184 g/mol. The van der Waals surface area contributed by atoms with Crippen molar-refractivity contribution in [2.45, 2.75) is 26.2 Å². The zero-order valence-corrected chi connectivity index (χ0v) is 8.91. The second-order valence-corrected chi connectivity index (χ2v) is 3.73. The Labute approximate surface area is 85.5 Å². The Hall–Kier alpha value is -0.160. The summed E-state index contributed by atoms with van der Waals surface area (Å²) >= 11 is 0. The van der Waals surface area contributed by atoms with Gasteiger partial charge in [-0.05, 0) is 6.42 Å². The first kappa shape index (κ1) is 13.8. The molecular formula is C10H22O4. The monoisotopic (exact) mass is 206 g/mol. The smallest absolute Gasteiger partial charge is 0.0629 e. The summed E-state index contributed by atoms with van der Waals surface area (Å²) in [5.41, 5.74) is -0.883. The maximum atomic E-state index is 8.98. The van der Waals surface area contributed by atoms with Gasteiger partial charge in [0.1, 0.15) is 0 Å². The second kappa shape index (κ2) is 8.17. The Morgan fingerprint density at radius 3 is 2.00 bits per heavy atom. The van der Waals surface area contributed by atoms with E-state index in [1.807, 2.05) is 0 Å². The Morgan fingerprint density at radius 2 is 1.57 bits per heavy atom. The van der Waals surface area contributed by atoms with E-state index in [4.69, 9.17) is 20.1 Å². The van der Waals surface area contributed by atoms with E-state index < -0.39 is 5.41 Å². The summed E-state index contributed by atoms with van der Waals surface area (Å²) in [4.78, 5) is 0. The highest BCUT2D eigenvalue weighted by molar-refractivity contribution is 4.76. The molecule has 0 saturated carbocycles. The highest BCUT2D eigenvalue weighted by Gasteiger charge is 2.28. The standard InChI is InChI=1S/C10H22O4/c1-2-3-4-5-14-9-10(6-11,7-12)8-13/h11-13H,2-9H2,1H3. The summed E-state index contributed by atoms with van der Waals surface area (Å²) < 4.78 is 5.29. The SMILES string of the molecule is CCCCCOCC(CO)(CO)CO. The van der Waals surface area contributed by atoms with Gasteiger partial charge in [-0.25, -0.2) is 0 Å². The molecule has 0 rings (SSSR count). The van der Waals surface area contributed by atoms with Crippen LogP contribution in [-0.2, 0) is 4.74 Å². The lowest BCUT2D eigenvalue weighted by Gasteiger charge is -2.26. The van der Waals surface area contributed by atoms with Gasteiger partial charge in [-0.2, -0.15) is 0 Å². The topological polar surface area (TPSA) is 69.9 Å². The zero-order valence-electron chi connectivity index (χ0n) is 8.91. The van der Waals surface area contributed by atoms with Crippen LogP contribution in [0, 0.1) is 5.41 Å². The highest BCUT2D eigenvalue weighted by Crippen LogP contribution is 2.15. The molecule has 0 fully saturated rings. The molecule has 0 aromatic heterocycles. The minimum Gasteiger partial charge on any atom is -0.396 e.